The average Bonchev–Trinajstić information content (AvgIpc) is 3.16. The van der Waals surface area contributed by atoms with Crippen molar-refractivity contribution in [3.05, 3.63) is 48.2 Å². The number of para-hydroxylation sites is 1. The van der Waals surface area contributed by atoms with E-state index in [4.69, 9.17) is 9.47 Å². The van der Waals surface area contributed by atoms with Gasteiger partial charge in [0.15, 0.2) is 5.82 Å². The summed E-state index contributed by atoms with van der Waals surface area (Å²) in [4.78, 5) is 23.2. The van der Waals surface area contributed by atoms with Crippen molar-refractivity contribution in [2.45, 2.75) is 6.92 Å². The number of nitrogens with zero attached hydrogens (tertiary/aromatic N) is 3. The van der Waals surface area contributed by atoms with Gasteiger partial charge in [-0.1, -0.05) is 24.3 Å². The van der Waals surface area contributed by atoms with Crippen LogP contribution in [0.5, 0.6) is 5.75 Å². The number of ether oxygens (including phenoxy) is 2. The maximum absolute atomic E-state index is 12.2. The Kier molecular flexibility index (Phi) is 4.74. The van der Waals surface area contributed by atoms with Crippen LogP contribution in [0, 0.1) is 0 Å². The zero-order valence-corrected chi connectivity index (χ0v) is 13.7. The quantitative estimate of drug-likeness (QED) is 0.622. The number of carbonyl (C=O) groups excluding carboxylic acids is 1. The second kappa shape index (κ2) is 7.12. The number of benzene rings is 1. The van der Waals surface area contributed by atoms with Crippen molar-refractivity contribution in [1.82, 2.24) is 9.97 Å². The lowest BCUT2D eigenvalue weighted by Crippen LogP contribution is -2.24. The molecule has 124 valence electrons. The Bertz CT molecular complexity index is 766. The van der Waals surface area contributed by atoms with Crippen LogP contribution in [0.1, 0.15) is 17.3 Å². The van der Waals surface area contributed by atoms with E-state index < -0.39 is 5.97 Å². The number of hydrogen-bond acceptors (Lipinski definition) is 6. The van der Waals surface area contributed by atoms with Crippen LogP contribution in [0.3, 0.4) is 0 Å². The highest BCUT2D eigenvalue weighted by Crippen LogP contribution is 2.30. The van der Waals surface area contributed by atoms with E-state index in [9.17, 15) is 4.79 Å². The maximum atomic E-state index is 12.2. The second-order valence-corrected chi connectivity index (χ2v) is 5.23. The van der Waals surface area contributed by atoms with Gasteiger partial charge in [0.1, 0.15) is 17.1 Å². The van der Waals surface area contributed by atoms with Crippen LogP contribution in [-0.4, -0.2) is 42.7 Å². The molecule has 1 aliphatic heterocycles. The van der Waals surface area contributed by atoms with Crippen LogP contribution in [0.2, 0.25) is 0 Å². The van der Waals surface area contributed by atoms with Gasteiger partial charge in [0.2, 0.25) is 0 Å². The summed E-state index contributed by atoms with van der Waals surface area (Å²) in [5.74, 6) is 1.37. The van der Waals surface area contributed by atoms with Crippen LogP contribution in [0.4, 0.5) is 5.82 Å². The molecule has 0 fully saturated rings. The molecule has 1 aliphatic rings. The molecule has 2 aromatic rings. The number of rotatable bonds is 5. The van der Waals surface area contributed by atoms with E-state index in [0.717, 1.165) is 5.56 Å². The minimum Gasteiger partial charge on any atom is -0.496 e. The highest BCUT2D eigenvalue weighted by atomic mass is 16.5. The predicted octanol–water partition coefficient (Wildman–Crippen LogP) is 2.71. The first kappa shape index (κ1) is 16.0. The molecule has 0 spiro atoms. The van der Waals surface area contributed by atoms with Gasteiger partial charge in [0.25, 0.3) is 0 Å². The molecule has 0 radical (unpaired) electrons. The first-order valence-corrected chi connectivity index (χ1v) is 7.82. The van der Waals surface area contributed by atoms with Crippen LogP contribution in [0.25, 0.3) is 11.4 Å². The van der Waals surface area contributed by atoms with Crippen LogP contribution in [0.15, 0.2) is 42.6 Å². The molecule has 0 saturated carbocycles. The number of hydrogen-bond donors (Lipinski definition) is 0. The van der Waals surface area contributed by atoms with E-state index >= 15 is 0 Å². The van der Waals surface area contributed by atoms with Crippen LogP contribution < -0.4 is 9.64 Å². The average molecular weight is 325 g/mol. The molecule has 3 rings (SSSR count). The van der Waals surface area contributed by atoms with Gasteiger partial charge in [-0.15, -0.1) is 0 Å². The number of esters is 1. The topological polar surface area (TPSA) is 64.5 Å². The maximum Gasteiger partial charge on any atom is 0.343 e. The Hall–Kier alpha value is -2.89. The van der Waals surface area contributed by atoms with Crippen molar-refractivity contribution in [2.75, 3.05) is 31.7 Å². The van der Waals surface area contributed by atoms with Gasteiger partial charge in [-0.05, 0) is 19.1 Å². The van der Waals surface area contributed by atoms with E-state index in [1.807, 2.05) is 41.3 Å². The van der Waals surface area contributed by atoms with Gasteiger partial charge >= 0.3 is 5.97 Å². The van der Waals surface area contributed by atoms with Gasteiger partial charge in [-0.3, -0.25) is 0 Å². The van der Waals surface area contributed by atoms with Gasteiger partial charge < -0.3 is 14.4 Å². The summed E-state index contributed by atoms with van der Waals surface area (Å²) in [5, 5.41) is 0. The molecule has 0 atom stereocenters. The molecule has 0 amide bonds. The molecule has 6 nitrogen and oxygen atoms in total. The van der Waals surface area contributed by atoms with Gasteiger partial charge in [0, 0.05) is 19.3 Å². The highest BCUT2D eigenvalue weighted by molar-refractivity contribution is 5.95. The van der Waals surface area contributed by atoms with Gasteiger partial charge in [0.05, 0.1) is 19.3 Å². The van der Waals surface area contributed by atoms with E-state index in [-0.39, 0.29) is 0 Å². The number of methoxy groups -OCH3 is 1. The fourth-order valence-electron chi connectivity index (χ4n) is 2.58. The molecule has 1 aromatic carbocycles. The highest BCUT2D eigenvalue weighted by Gasteiger charge is 2.22. The van der Waals surface area contributed by atoms with Crippen molar-refractivity contribution < 1.29 is 14.3 Å². The number of anilines is 1. The summed E-state index contributed by atoms with van der Waals surface area (Å²) in [6.07, 6.45) is 5.61. The normalized spacial score (nSPS) is 13.2. The van der Waals surface area contributed by atoms with E-state index in [0.29, 0.717) is 42.7 Å². The first-order chi connectivity index (χ1) is 11.7. The minimum absolute atomic E-state index is 0.310. The van der Waals surface area contributed by atoms with E-state index in [2.05, 4.69) is 9.97 Å². The van der Waals surface area contributed by atoms with Crippen molar-refractivity contribution >= 4 is 11.8 Å². The van der Waals surface area contributed by atoms with Gasteiger partial charge in [-0.2, -0.15) is 0 Å². The zero-order chi connectivity index (χ0) is 16.9. The Balaban J connectivity index is 2.06. The summed E-state index contributed by atoms with van der Waals surface area (Å²) >= 11 is 0. The third-order valence-electron chi connectivity index (χ3n) is 3.73. The SMILES string of the molecule is CCOC(=O)c1cnc(-c2ccccc2OC)nc1N1CC=CC1. The molecule has 0 aliphatic carbocycles. The molecule has 1 aromatic heterocycles. The Morgan fingerprint density at radius 3 is 2.71 bits per heavy atom. The molecule has 0 unspecified atom stereocenters. The van der Waals surface area contributed by atoms with Crippen LogP contribution in [-0.2, 0) is 4.74 Å². The summed E-state index contributed by atoms with van der Waals surface area (Å²) in [6.45, 7) is 3.49. The minimum atomic E-state index is -0.411. The van der Waals surface area contributed by atoms with Gasteiger partial charge in [-0.25, -0.2) is 14.8 Å². The van der Waals surface area contributed by atoms with Crippen molar-refractivity contribution in [1.29, 1.82) is 0 Å². The third-order valence-corrected chi connectivity index (χ3v) is 3.73. The van der Waals surface area contributed by atoms with Crippen molar-refractivity contribution in [3.63, 3.8) is 0 Å². The van der Waals surface area contributed by atoms with E-state index in [1.165, 1.54) is 6.20 Å². The standard InChI is InChI=1S/C18H19N3O3/c1-3-24-18(22)14-12-19-16(13-8-4-5-9-15(13)23-2)20-17(14)21-10-6-7-11-21/h4-9,12H,3,10-11H2,1-2H3. The lowest BCUT2D eigenvalue weighted by Gasteiger charge is -2.20. The first-order valence-electron chi connectivity index (χ1n) is 7.82. The lowest BCUT2D eigenvalue weighted by atomic mass is 10.1. The molecule has 2 heterocycles. The smallest absolute Gasteiger partial charge is 0.343 e. The second-order valence-electron chi connectivity index (χ2n) is 5.23. The molecule has 0 saturated heterocycles. The fourth-order valence-corrected chi connectivity index (χ4v) is 2.58. The fraction of sp³-hybridized carbons (Fsp3) is 0.278. The summed E-state index contributed by atoms with van der Waals surface area (Å²) < 4.78 is 10.5. The summed E-state index contributed by atoms with van der Waals surface area (Å²) in [7, 11) is 1.61. The summed E-state index contributed by atoms with van der Waals surface area (Å²) in [5.41, 5.74) is 1.16. The molecule has 24 heavy (non-hydrogen) atoms. The molecule has 0 bridgehead atoms. The molecular weight excluding hydrogens is 306 g/mol. The Morgan fingerprint density at radius 1 is 1.25 bits per heavy atom. The van der Waals surface area contributed by atoms with E-state index in [1.54, 1.807) is 14.0 Å². The van der Waals surface area contributed by atoms with Crippen molar-refractivity contribution in [3.8, 4) is 17.1 Å². The monoisotopic (exact) mass is 325 g/mol. The third kappa shape index (κ3) is 3.08. The molecular formula is C18H19N3O3. The number of aromatic nitrogens is 2. The Morgan fingerprint density at radius 2 is 2.00 bits per heavy atom. The lowest BCUT2D eigenvalue weighted by molar-refractivity contribution is 0.0526. The molecule has 0 N–H and O–H groups in total. The Labute approximate surface area is 140 Å². The summed E-state index contributed by atoms with van der Waals surface area (Å²) in [6, 6.07) is 7.54. The number of carbonyl (C=O) groups is 1. The predicted molar refractivity (Wildman–Crippen MR) is 91.3 cm³/mol. The molecule has 6 heteroatoms. The van der Waals surface area contributed by atoms with Crippen LogP contribution >= 0.6 is 0 Å². The van der Waals surface area contributed by atoms with Crippen molar-refractivity contribution in [2.24, 2.45) is 0 Å². The zero-order valence-electron chi connectivity index (χ0n) is 13.7. The largest absolute Gasteiger partial charge is 0.496 e.